The van der Waals surface area contributed by atoms with E-state index >= 15 is 0 Å². The molecule has 84 valence electrons. The molecule has 0 spiro atoms. The Hall–Kier alpha value is -0.710. The van der Waals surface area contributed by atoms with Gasteiger partial charge in [0.05, 0.1) is 0 Å². The average Bonchev–Trinajstić information content (AvgIpc) is 2.17. The fraction of sp³-hybridized carbons (Fsp3) is 0.889. The lowest BCUT2D eigenvalue weighted by atomic mass is 10.3. The Balaban J connectivity index is 3.41. The molecule has 0 radical (unpaired) electrons. The van der Waals surface area contributed by atoms with Gasteiger partial charge >= 0.3 is 6.43 Å². The predicted octanol–water partition coefficient (Wildman–Crippen LogP) is 1.10. The summed E-state index contributed by atoms with van der Waals surface area (Å²) in [6.07, 6.45) is -2.19. The molecule has 1 N–H and O–H groups in total. The van der Waals surface area contributed by atoms with E-state index in [1.165, 1.54) is 0 Å². The van der Waals surface area contributed by atoms with Crippen LogP contribution in [0.3, 0.4) is 0 Å². The van der Waals surface area contributed by atoms with Gasteiger partial charge in [0.2, 0.25) is 0 Å². The first-order valence-corrected chi connectivity index (χ1v) is 4.90. The Morgan fingerprint density at radius 3 is 2.36 bits per heavy atom. The molecule has 5 heteroatoms. The highest BCUT2D eigenvalue weighted by atomic mass is 19.3. The smallest absolute Gasteiger partial charge is 0.315 e. The summed E-state index contributed by atoms with van der Waals surface area (Å²) in [5, 5.41) is 2.17. The van der Waals surface area contributed by atoms with Crippen LogP contribution in [0.4, 0.5) is 8.78 Å². The molecule has 0 heterocycles. The maximum Gasteiger partial charge on any atom is 0.315 e. The lowest BCUT2D eigenvalue weighted by Gasteiger charge is -2.17. The van der Waals surface area contributed by atoms with Gasteiger partial charge in [0.15, 0.2) is 0 Å². The molecule has 0 atom stereocenters. The summed E-state index contributed by atoms with van der Waals surface area (Å²) in [4.78, 5) is 12.6. The number of amides is 1. The van der Waals surface area contributed by atoms with Crippen molar-refractivity contribution in [2.75, 3.05) is 26.2 Å². The summed E-state index contributed by atoms with van der Waals surface area (Å²) in [5.41, 5.74) is 0. The van der Waals surface area contributed by atoms with Gasteiger partial charge in [0, 0.05) is 6.54 Å². The summed E-state index contributed by atoms with van der Waals surface area (Å²) >= 11 is 0. The van der Waals surface area contributed by atoms with E-state index in [2.05, 4.69) is 10.2 Å². The van der Waals surface area contributed by atoms with Crippen molar-refractivity contribution in [3.63, 3.8) is 0 Å². The minimum absolute atomic E-state index is 0.319. The first-order valence-electron chi connectivity index (χ1n) is 4.90. The van der Waals surface area contributed by atoms with E-state index in [4.69, 9.17) is 0 Å². The van der Waals surface area contributed by atoms with Crippen LogP contribution in [0.15, 0.2) is 0 Å². The first-order chi connectivity index (χ1) is 6.61. The van der Waals surface area contributed by atoms with Crippen LogP contribution >= 0.6 is 0 Å². The Morgan fingerprint density at radius 1 is 1.36 bits per heavy atom. The van der Waals surface area contributed by atoms with Crippen molar-refractivity contribution < 1.29 is 13.6 Å². The van der Waals surface area contributed by atoms with Gasteiger partial charge in [-0.15, -0.1) is 0 Å². The second-order valence-electron chi connectivity index (χ2n) is 2.97. The number of carbonyl (C=O) groups is 1. The SMILES string of the molecule is CCN(CC)CCCNC(=O)C(F)F. The lowest BCUT2D eigenvalue weighted by molar-refractivity contribution is -0.131. The van der Waals surface area contributed by atoms with Gasteiger partial charge < -0.3 is 10.2 Å². The molecule has 0 unspecified atom stereocenters. The summed E-state index contributed by atoms with van der Waals surface area (Å²) in [6, 6.07) is 0. The third kappa shape index (κ3) is 5.85. The number of carbonyl (C=O) groups excluding carboxylic acids is 1. The Bertz CT molecular complexity index is 161. The molecular weight excluding hydrogens is 190 g/mol. The van der Waals surface area contributed by atoms with Crippen molar-refractivity contribution in [2.24, 2.45) is 0 Å². The highest BCUT2D eigenvalue weighted by molar-refractivity contribution is 5.78. The topological polar surface area (TPSA) is 32.3 Å². The number of nitrogens with one attached hydrogen (secondary N) is 1. The van der Waals surface area contributed by atoms with Gasteiger partial charge in [-0.05, 0) is 26.1 Å². The molecular formula is C9H18F2N2O. The largest absolute Gasteiger partial charge is 0.351 e. The van der Waals surface area contributed by atoms with Crippen LogP contribution in [0, 0.1) is 0 Å². The Kier molecular flexibility index (Phi) is 7.28. The van der Waals surface area contributed by atoms with Gasteiger partial charge in [-0.25, -0.2) is 0 Å². The lowest BCUT2D eigenvalue weighted by Crippen LogP contribution is -2.33. The van der Waals surface area contributed by atoms with Crippen molar-refractivity contribution in [3.05, 3.63) is 0 Å². The van der Waals surface area contributed by atoms with Crippen molar-refractivity contribution in [1.82, 2.24) is 10.2 Å². The molecule has 0 fully saturated rings. The molecule has 0 bridgehead atoms. The molecule has 0 aliphatic carbocycles. The predicted molar refractivity (Wildman–Crippen MR) is 51.4 cm³/mol. The average molecular weight is 208 g/mol. The third-order valence-corrected chi connectivity index (χ3v) is 2.04. The van der Waals surface area contributed by atoms with E-state index in [9.17, 15) is 13.6 Å². The fourth-order valence-electron chi connectivity index (χ4n) is 1.13. The van der Waals surface area contributed by atoms with Crippen LogP contribution in [0.1, 0.15) is 20.3 Å². The Labute approximate surface area is 83.5 Å². The molecule has 1 amide bonds. The molecule has 0 aliphatic rings. The number of nitrogens with zero attached hydrogens (tertiary/aromatic N) is 1. The standard InChI is InChI=1S/C9H18F2N2O/c1-3-13(4-2)7-5-6-12-9(14)8(10)11/h8H,3-7H2,1-2H3,(H,12,14). The minimum Gasteiger partial charge on any atom is -0.351 e. The van der Waals surface area contributed by atoms with E-state index < -0.39 is 12.3 Å². The molecule has 0 saturated carbocycles. The number of hydrogen-bond acceptors (Lipinski definition) is 2. The van der Waals surface area contributed by atoms with Crippen LogP contribution in [0.25, 0.3) is 0 Å². The zero-order valence-electron chi connectivity index (χ0n) is 8.72. The highest BCUT2D eigenvalue weighted by Crippen LogP contribution is 1.92. The van der Waals surface area contributed by atoms with Crippen molar-refractivity contribution in [1.29, 1.82) is 0 Å². The van der Waals surface area contributed by atoms with Gasteiger partial charge in [0.1, 0.15) is 0 Å². The molecule has 0 rings (SSSR count). The van der Waals surface area contributed by atoms with Crippen LogP contribution in [0.2, 0.25) is 0 Å². The number of hydrogen-bond donors (Lipinski definition) is 1. The van der Waals surface area contributed by atoms with E-state index in [0.717, 1.165) is 19.6 Å². The zero-order chi connectivity index (χ0) is 11.0. The van der Waals surface area contributed by atoms with Crippen LogP contribution in [-0.4, -0.2) is 43.4 Å². The minimum atomic E-state index is -2.90. The second kappa shape index (κ2) is 7.67. The van der Waals surface area contributed by atoms with Crippen molar-refractivity contribution in [3.8, 4) is 0 Å². The third-order valence-electron chi connectivity index (χ3n) is 2.04. The normalized spacial score (nSPS) is 11.0. The summed E-state index contributed by atoms with van der Waals surface area (Å²) in [7, 11) is 0. The van der Waals surface area contributed by atoms with Gasteiger partial charge in [-0.2, -0.15) is 8.78 Å². The first kappa shape index (κ1) is 13.3. The van der Waals surface area contributed by atoms with E-state index in [1.807, 2.05) is 13.8 Å². The molecule has 14 heavy (non-hydrogen) atoms. The van der Waals surface area contributed by atoms with Crippen LogP contribution < -0.4 is 5.32 Å². The van der Waals surface area contributed by atoms with Crippen molar-refractivity contribution >= 4 is 5.91 Å². The number of halogens is 2. The molecule has 0 aromatic carbocycles. The quantitative estimate of drug-likeness (QED) is 0.635. The van der Waals surface area contributed by atoms with Crippen LogP contribution in [0.5, 0.6) is 0 Å². The summed E-state index contributed by atoms with van der Waals surface area (Å²) in [5.74, 6) is -1.18. The molecule has 0 saturated heterocycles. The Morgan fingerprint density at radius 2 is 1.93 bits per heavy atom. The maximum atomic E-state index is 11.7. The van der Waals surface area contributed by atoms with Crippen LogP contribution in [-0.2, 0) is 4.79 Å². The van der Waals surface area contributed by atoms with Gasteiger partial charge in [-0.3, -0.25) is 4.79 Å². The maximum absolute atomic E-state index is 11.7. The molecule has 0 aromatic rings. The second-order valence-corrected chi connectivity index (χ2v) is 2.97. The number of alkyl halides is 2. The van der Waals surface area contributed by atoms with E-state index in [0.29, 0.717) is 13.0 Å². The van der Waals surface area contributed by atoms with E-state index in [-0.39, 0.29) is 0 Å². The summed E-state index contributed by atoms with van der Waals surface area (Å²) < 4.78 is 23.4. The van der Waals surface area contributed by atoms with Gasteiger partial charge in [-0.1, -0.05) is 13.8 Å². The summed E-state index contributed by atoms with van der Waals surface area (Å²) in [6.45, 7) is 7.12. The molecule has 0 aromatic heterocycles. The highest BCUT2D eigenvalue weighted by Gasteiger charge is 2.13. The van der Waals surface area contributed by atoms with Gasteiger partial charge in [0.25, 0.3) is 5.91 Å². The molecule has 3 nitrogen and oxygen atoms in total. The van der Waals surface area contributed by atoms with E-state index in [1.54, 1.807) is 0 Å². The number of rotatable bonds is 7. The molecule has 0 aliphatic heterocycles. The fourth-order valence-corrected chi connectivity index (χ4v) is 1.13. The van der Waals surface area contributed by atoms with Crippen molar-refractivity contribution in [2.45, 2.75) is 26.7 Å². The zero-order valence-corrected chi connectivity index (χ0v) is 8.72. The monoisotopic (exact) mass is 208 g/mol.